The number of imidazole rings is 1. The Bertz CT molecular complexity index is 1460. The maximum atomic E-state index is 6.39. The van der Waals surface area contributed by atoms with Gasteiger partial charge in [0.15, 0.2) is 0 Å². The van der Waals surface area contributed by atoms with Gasteiger partial charge in [0.05, 0.1) is 24.9 Å². The first kappa shape index (κ1) is 24.4. The molecule has 0 saturated carbocycles. The summed E-state index contributed by atoms with van der Waals surface area (Å²) < 4.78 is 12.9. The fraction of sp³-hybridized carbons (Fsp3) is 0.385. The summed E-state index contributed by atoms with van der Waals surface area (Å²) in [4.78, 5) is 25.1. The molecule has 2 saturated heterocycles. The highest BCUT2D eigenvalue weighted by Crippen LogP contribution is 2.38. The Hall–Kier alpha value is -3.99. The lowest BCUT2D eigenvalue weighted by molar-refractivity contribution is 0.395. The van der Waals surface area contributed by atoms with E-state index in [9.17, 15) is 0 Å². The largest absolute Gasteiger partial charge is 0.496 e. The molecule has 0 amide bonds. The van der Waals surface area contributed by atoms with Gasteiger partial charge in [-0.05, 0) is 25.0 Å². The molecule has 6 rings (SSSR count). The summed E-state index contributed by atoms with van der Waals surface area (Å²) in [6, 6.07) is 7.81. The minimum absolute atomic E-state index is 0.273. The zero-order valence-corrected chi connectivity index (χ0v) is 22.2. The van der Waals surface area contributed by atoms with E-state index in [0.717, 1.165) is 74.7 Å². The summed E-state index contributed by atoms with van der Waals surface area (Å²) in [5.74, 6) is 2.82. The summed E-state index contributed by atoms with van der Waals surface area (Å²) in [7, 11) is 3.20. The lowest BCUT2D eigenvalue weighted by atomic mass is 10.1. The molecule has 1 aromatic carbocycles. The van der Waals surface area contributed by atoms with E-state index in [1.54, 1.807) is 20.3 Å². The van der Waals surface area contributed by atoms with E-state index >= 15 is 0 Å². The SMILES string of the molecule is COc1cc(OC)c(-c2cn3ccc(N4CCN(c5nc(N)nc(N6CCCC6)n5)CC4)cc3n2)cc1Cl. The van der Waals surface area contributed by atoms with Crippen molar-refractivity contribution in [2.45, 2.75) is 12.8 Å². The lowest BCUT2D eigenvalue weighted by Crippen LogP contribution is -2.47. The number of nitrogens with zero attached hydrogens (tertiary/aromatic N) is 8. The second-order valence-electron chi connectivity index (χ2n) is 9.43. The Balaban J connectivity index is 1.19. The number of fused-ring (bicyclic) bond motifs is 1. The van der Waals surface area contributed by atoms with E-state index in [0.29, 0.717) is 28.4 Å². The quantitative estimate of drug-likeness (QED) is 0.394. The van der Waals surface area contributed by atoms with Crippen molar-refractivity contribution >= 4 is 40.8 Å². The van der Waals surface area contributed by atoms with Crippen LogP contribution < -0.4 is 29.9 Å². The molecule has 2 aliphatic heterocycles. The van der Waals surface area contributed by atoms with Crippen LogP contribution in [0.3, 0.4) is 0 Å². The fourth-order valence-corrected chi connectivity index (χ4v) is 5.33. The van der Waals surface area contributed by atoms with Gasteiger partial charge in [0.1, 0.15) is 17.1 Å². The maximum Gasteiger partial charge on any atom is 0.232 e. The first-order valence-electron chi connectivity index (χ1n) is 12.7. The Morgan fingerprint density at radius 2 is 1.45 bits per heavy atom. The third-order valence-electron chi connectivity index (χ3n) is 7.14. The van der Waals surface area contributed by atoms with Gasteiger partial charge in [-0.1, -0.05) is 11.6 Å². The number of rotatable bonds is 6. The van der Waals surface area contributed by atoms with Gasteiger partial charge in [0.2, 0.25) is 17.8 Å². The highest BCUT2D eigenvalue weighted by atomic mass is 35.5. The van der Waals surface area contributed by atoms with Crippen molar-refractivity contribution in [3.8, 4) is 22.8 Å². The van der Waals surface area contributed by atoms with Gasteiger partial charge in [0.25, 0.3) is 0 Å². The van der Waals surface area contributed by atoms with E-state index in [4.69, 9.17) is 36.8 Å². The van der Waals surface area contributed by atoms with Gasteiger partial charge < -0.3 is 34.3 Å². The van der Waals surface area contributed by atoms with Crippen LogP contribution in [0.2, 0.25) is 5.02 Å². The van der Waals surface area contributed by atoms with Gasteiger partial charge in [-0.3, -0.25) is 0 Å². The minimum atomic E-state index is 0.273. The van der Waals surface area contributed by atoms with Crippen LogP contribution in [0.15, 0.2) is 36.7 Å². The van der Waals surface area contributed by atoms with Crippen molar-refractivity contribution in [1.82, 2.24) is 24.3 Å². The van der Waals surface area contributed by atoms with Gasteiger partial charge in [0, 0.05) is 75.0 Å². The standard InChI is InChI=1S/C26H30ClN9O2/c1-37-21-15-22(38-2)19(27)14-18(21)20-16-36-8-5-17(13-23(36)29-20)33-9-11-35(12-10-33)26-31-24(28)30-25(32-26)34-6-3-4-7-34/h5,8,13-16H,3-4,6-7,9-12H2,1-2H3,(H2,28,30,31,32). The molecule has 2 aliphatic rings. The highest BCUT2D eigenvalue weighted by molar-refractivity contribution is 6.32. The molecule has 2 fully saturated rings. The smallest absolute Gasteiger partial charge is 0.232 e. The number of piperazine rings is 1. The molecule has 0 atom stereocenters. The molecule has 0 spiro atoms. The summed E-state index contributed by atoms with van der Waals surface area (Å²) in [6.45, 7) is 5.16. The molecule has 5 heterocycles. The van der Waals surface area contributed by atoms with Crippen LogP contribution in [0.1, 0.15) is 12.8 Å². The molecule has 0 radical (unpaired) electrons. The topological polar surface area (TPSA) is 110 Å². The average Bonchev–Trinajstić information content (AvgIpc) is 3.63. The Labute approximate surface area is 225 Å². The molecular formula is C26H30ClN9O2. The predicted molar refractivity (Wildman–Crippen MR) is 149 cm³/mol. The molecular weight excluding hydrogens is 506 g/mol. The number of nitrogen functional groups attached to an aromatic ring is 1. The highest BCUT2D eigenvalue weighted by Gasteiger charge is 2.23. The Morgan fingerprint density at radius 3 is 2.13 bits per heavy atom. The number of ether oxygens (including phenoxy) is 2. The first-order chi connectivity index (χ1) is 18.5. The Morgan fingerprint density at radius 1 is 0.789 bits per heavy atom. The summed E-state index contributed by atoms with van der Waals surface area (Å²) >= 11 is 6.39. The van der Waals surface area contributed by atoms with Crippen LogP contribution >= 0.6 is 11.6 Å². The molecule has 0 bridgehead atoms. The van der Waals surface area contributed by atoms with Crippen molar-refractivity contribution in [2.75, 3.05) is 73.9 Å². The molecule has 12 heteroatoms. The first-order valence-corrected chi connectivity index (χ1v) is 13.1. The second kappa shape index (κ2) is 10.1. The second-order valence-corrected chi connectivity index (χ2v) is 9.83. The summed E-state index contributed by atoms with van der Waals surface area (Å²) in [5.41, 5.74) is 9.57. The van der Waals surface area contributed by atoms with E-state index in [-0.39, 0.29) is 5.95 Å². The number of methoxy groups -OCH3 is 2. The number of nitrogens with two attached hydrogens (primary N) is 1. The van der Waals surface area contributed by atoms with Gasteiger partial charge >= 0.3 is 0 Å². The van der Waals surface area contributed by atoms with E-state index in [1.165, 1.54) is 0 Å². The number of benzene rings is 1. The molecule has 2 N–H and O–H groups in total. The van der Waals surface area contributed by atoms with Gasteiger partial charge in [-0.15, -0.1) is 0 Å². The maximum absolute atomic E-state index is 6.39. The zero-order valence-electron chi connectivity index (χ0n) is 21.5. The van der Waals surface area contributed by atoms with Crippen molar-refractivity contribution < 1.29 is 9.47 Å². The molecule has 0 unspecified atom stereocenters. The number of hydrogen-bond donors (Lipinski definition) is 1. The van der Waals surface area contributed by atoms with Crippen LogP contribution in [0.25, 0.3) is 16.9 Å². The molecule has 198 valence electrons. The zero-order chi connectivity index (χ0) is 26.2. The van der Waals surface area contributed by atoms with Crippen molar-refractivity contribution in [2.24, 2.45) is 0 Å². The van der Waals surface area contributed by atoms with Crippen LogP contribution in [0.5, 0.6) is 11.5 Å². The monoisotopic (exact) mass is 535 g/mol. The fourth-order valence-electron chi connectivity index (χ4n) is 5.09. The van der Waals surface area contributed by atoms with E-state index in [2.05, 4.69) is 36.8 Å². The van der Waals surface area contributed by atoms with Crippen LogP contribution in [-0.2, 0) is 0 Å². The van der Waals surface area contributed by atoms with Crippen molar-refractivity contribution in [3.05, 3.63) is 41.7 Å². The number of aromatic nitrogens is 5. The third kappa shape index (κ3) is 4.58. The number of hydrogen-bond acceptors (Lipinski definition) is 10. The predicted octanol–water partition coefficient (Wildman–Crippen LogP) is 3.37. The molecule has 38 heavy (non-hydrogen) atoms. The summed E-state index contributed by atoms with van der Waals surface area (Å²) in [6.07, 6.45) is 6.31. The van der Waals surface area contributed by atoms with E-state index in [1.807, 2.05) is 22.9 Å². The Kier molecular flexibility index (Phi) is 6.44. The number of anilines is 4. The molecule has 3 aromatic heterocycles. The normalized spacial score (nSPS) is 15.9. The van der Waals surface area contributed by atoms with Crippen LogP contribution in [0, 0.1) is 0 Å². The van der Waals surface area contributed by atoms with Gasteiger partial charge in [-0.2, -0.15) is 15.0 Å². The van der Waals surface area contributed by atoms with E-state index < -0.39 is 0 Å². The van der Waals surface area contributed by atoms with Gasteiger partial charge in [-0.25, -0.2) is 4.98 Å². The third-order valence-corrected chi connectivity index (χ3v) is 7.43. The molecule has 0 aliphatic carbocycles. The molecule has 4 aromatic rings. The van der Waals surface area contributed by atoms with Crippen LogP contribution in [-0.4, -0.2) is 77.8 Å². The lowest BCUT2D eigenvalue weighted by Gasteiger charge is -2.36. The van der Waals surface area contributed by atoms with Crippen molar-refractivity contribution in [1.29, 1.82) is 0 Å². The van der Waals surface area contributed by atoms with Crippen molar-refractivity contribution in [3.63, 3.8) is 0 Å². The number of pyridine rings is 1. The van der Waals surface area contributed by atoms with Crippen LogP contribution in [0.4, 0.5) is 23.5 Å². The average molecular weight is 536 g/mol. The number of halogens is 1. The molecule has 11 nitrogen and oxygen atoms in total. The summed E-state index contributed by atoms with van der Waals surface area (Å²) in [5, 5.41) is 0.506. The minimum Gasteiger partial charge on any atom is -0.496 e.